The predicted octanol–water partition coefficient (Wildman–Crippen LogP) is 15.7. The summed E-state index contributed by atoms with van der Waals surface area (Å²) >= 11 is 3.70. The summed E-state index contributed by atoms with van der Waals surface area (Å²) in [6, 6.07) is 60.8. The molecule has 2 heteroatoms. The van der Waals surface area contributed by atoms with Gasteiger partial charge in [-0.2, -0.15) is 11.3 Å². The summed E-state index contributed by atoms with van der Waals surface area (Å²) in [5, 5.41) is 17.5. The molecule has 2 aromatic heterocycles. The van der Waals surface area contributed by atoms with Gasteiger partial charge in [-0.15, -0.1) is 11.3 Å². The second-order valence-electron chi connectivity index (χ2n) is 14.0. The first-order valence-corrected chi connectivity index (χ1v) is 19.9. The van der Waals surface area contributed by atoms with E-state index in [0.717, 1.165) is 0 Å². The minimum atomic E-state index is 1.25. The topological polar surface area (TPSA) is 0 Å². The Kier molecular flexibility index (Phi) is 6.92. The molecule has 0 aliphatic carbocycles. The molecule has 0 fully saturated rings. The second-order valence-corrected chi connectivity index (χ2v) is 15.8. The van der Waals surface area contributed by atoms with Crippen LogP contribution < -0.4 is 0 Å². The van der Waals surface area contributed by atoms with Crippen molar-refractivity contribution in [1.29, 1.82) is 0 Å². The van der Waals surface area contributed by atoms with Crippen molar-refractivity contribution in [2.24, 2.45) is 0 Å². The Hall–Kier alpha value is -6.06. The smallest absolute Gasteiger partial charge is 0.0434 e. The molecule has 0 aliphatic rings. The molecule has 0 nitrogen and oxygen atoms in total. The van der Waals surface area contributed by atoms with Crippen LogP contribution in [0.4, 0.5) is 0 Å². The lowest BCUT2D eigenvalue weighted by molar-refractivity contribution is 1.55. The molecule has 9 aromatic carbocycles. The van der Waals surface area contributed by atoms with E-state index < -0.39 is 0 Å². The maximum absolute atomic E-state index is 2.45. The zero-order valence-electron chi connectivity index (χ0n) is 29.1. The monoisotopic (exact) mass is 708 g/mol. The van der Waals surface area contributed by atoms with Gasteiger partial charge in [0, 0.05) is 25.7 Å². The number of fused-ring (bicyclic) bond motifs is 7. The number of rotatable bonds is 4. The van der Waals surface area contributed by atoms with E-state index in [9.17, 15) is 0 Å². The molecular weight excluding hydrogens is 677 g/mol. The number of thiophene rings is 2. The van der Waals surface area contributed by atoms with E-state index >= 15 is 0 Å². The fourth-order valence-electron chi connectivity index (χ4n) is 8.83. The summed E-state index contributed by atoms with van der Waals surface area (Å²) in [7, 11) is 0. The standard InChI is InChI=1S/C51H32S2/c1-31-29-52-30-45(31)50-40-22-11-7-18-36(40)48(37-19-8-12-23-41(37)50)33-26-27-46-44(28-33)42-24-13-25-43(51(42)53-46)49-38-20-9-5-16-34(38)47(32-14-3-2-4-15-32)35-17-6-10-21-39(35)49/h2-30H,1H3. The SMILES string of the molecule is Cc1cscc1-c1c2ccccc2c(-c2ccc3sc4c(-c5c6ccccc6c(-c6ccccc6)c6ccccc56)cccc4c3c2)c2ccccc12. The molecule has 0 spiro atoms. The van der Waals surface area contributed by atoms with Gasteiger partial charge in [0.15, 0.2) is 0 Å². The van der Waals surface area contributed by atoms with Gasteiger partial charge in [-0.05, 0) is 117 Å². The summed E-state index contributed by atoms with van der Waals surface area (Å²) in [5.41, 5.74) is 11.7. The largest absolute Gasteiger partial charge is 0.151 e. The minimum Gasteiger partial charge on any atom is -0.151 e. The van der Waals surface area contributed by atoms with E-state index in [0.29, 0.717) is 0 Å². The second kappa shape index (κ2) is 12.0. The predicted molar refractivity (Wildman–Crippen MR) is 234 cm³/mol. The van der Waals surface area contributed by atoms with Crippen molar-refractivity contribution < 1.29 is 0 Å². The van der Waals surface area contributed by atoms with Crippen LogP contribution in [-0.2, 0) is 0 Å². The zero-order valence-corrected chi connectivity index (χ0v) is 30.7. The minimum absolute atomic E-state index is 1.25. The van der Waals surface area contributed by atoms with Crippen molar-refractivity contribution in [3.63, 3.8) is 0 Å². The lowest BCUT2D eigenvalue weighted by atomic mass is 9.85. The Morgan fingerprint density at radius 2 is 0.811 bits per heavy atom. The molecule has 0 saturated heterocycles. The van der Waals surface area contributed by atoms with Crippen LogP contribution in [0.25, 0.3) is 108 Å². The van der Waals surface area contributed by atoms with Crippen LogP contribution in [0.2, 0.25) is 0 Å². The number of benzene rings is 9. The molecule has 0 radical (unpaired) electrons. The van der Waals surface area contributed by atoms with Crippen molar-refractivity contribution in [3.8, 4) is 44.5 Å². The van der Waals surface area contributed by atoms with Gasteiger partial charge in [0.1, 0.15) is 0 Å². The van der Waals surface area contributed by atoms with Crippen LogP contribution in [0.15, 0.2) is 175 Å². The van der Waals surface area contributed by atoms with Gasteiger partial charge in [0.2, 0.25) is 0 Å². The lowest BCUT2D eigenvalue weighted by Crippen LogP contribution is -1.91. The Balaban J connectivity index is 1.18. The van der Waals surface area contributed by atoms with Gasteiger partial charge in [-0.1, -0.05) is 152 Å². The molecule has 11 aromatic rings. The fraction of sp³-hybridized carbons (Fsp3) is 0.0196. The quantitative estimate of drug-likeness (QED) is 0.160. The summed E-state index contributed by atoms with van der Waals surface area (Å²) in [5.74, 6) is 0. The van der Waals surface area contributed by atoms with Crippen molar-refractivity contribution in [2.75, 3.05) is 0 Å². The molecule has 0 unspecified atom stereocenters. The average molecular weight is 709 g/mol. The fourth-order valence-corrected chi connectivity index (χ4v) is 10.9. The van der Waals surface area contributed by atoms with Gasteiger partial charge in [-0.3, -0.25) is 0 Å². The molecule has 53 heavy (non-hydrogen) atoms. The molecule has 0 saturated carbocycles. The van der Waals surface area contributed by atoms with Crippen molar-refractivity contribution >= 4 is 85.9 Å². The lowest BCUT2D eigenvalue weighted by Gasteiger charge is -2.18. The van der Waals surface area contributed by atoms with Crippen LogP contribution in [-0.4, -0.2) is 0 Å². The first-order valence-electron chi connectivity index (χ1n) is 18.2. The summed E-state index contributed by atoms with van der Waals surface area (Å²) in [6.45, 7) is 2.23. The highest BCUT2D eigenvalue weighted by atomic mass is 32.1. The Morgan fingerprint density at radius 1 is 0.340 bits per heavy atom. The number of hydrogen-bond acceptors (Lipinski definition) is 2. The molecule has 0 aliphatic heterocycles. The van der Waals surface area contributed by atoms with Gasteiger partial charge in [0.05, 0.1) is 0 Å². The zero-order chi connectivity index (χ0) is 35.0. The third-order valence-corrected chi connectivity index (χ3v) is 13.2. The summed E-state index contributed by atoms with van der Waals surface area (Å²) < 4.78 is 2.64. The van der Waals surface area contributed by atoms with E-state index in [1.165, 1.54) is 113 Å². The van der Waals surface area contributed by atoms with E-state index in [4.69, 9.17) is 0 Å². The van der Waals surface area contributed by atoms with Crippen LogP contribution in [0.5, 0.6) is 0 Å². The highest BCUT2D eigenvalue weighted by Gasteiger charge is 2.21. The molecule has 0 amide bonds. The van der Waals surface area contributed by atoms with Crippen molar-refractivity contribution in [1.82, 2.24) is 0 Å². The third kappa shape index (κ3) is 4.59. The van der Waals surface area contributed by atoms with Crippen molar-refractivity contribution in [2.45, 2.75) is 6.92 Å². The van der Waals surface area contributed by atoms with Crippen LogP contribution in [0.3, 0.4) is 0 Å². The number of aryl methyl sites for hydroxylation is 1. The Morgan fingerprint density at radius 3 is 1.34 bits per heavy atom. The highest BCUT2D eigenvalue weighted by molar-refractivity contribution is 7.26. The normalized spacial score (nSPS) is 11.9. The van der Waals surface area contributed by atoms with Gasteiger partial charge < -0.3 is 0 Å². The van der Waals surface area contributed by atoms with Crippen LogP contribution in [0.1, 0.15) is 5.56 Å². The summed E-state index contributed by atoms with van der Waals surface area (Å²) in [4.78, 5) is 0. The molecule has 248 valence electrons. The summed E-state index contributed by atoms with van der Waals surface area (Å²) in [6.07, 6.45) is 0. The number of hydrogen-bond donors (Lipinski definition) is 0. The molecule has 0 N–H and O–H groups in total. The molecule has 0 bridgehead atoms. The van der Waals surface area contributed by atoms with E-state index in [1.54, 1.807) is 11.3 Å². The van der Waals surface area contributed by atoms with E-state index in [1.807, 2.05) is 11.3 Å². The van der Waals surface area contributed by atoms with Crippen LogP contribution in [0, 0.1) is 6.92 Å². The Bertz CT molecular complexity index is 3120. The molecule has 11 rings (SSSR count). The maximum atomic E-state index is 2.45. The van der Waals surface area contributed by atoms with Gasteiger partial charge in [-0.25, -0.2) is 0 Å². The maximum Gasteiger partial charge on any atom is 0.0434 e. The molecule has 0 atom stereocenters. The van der Waals surface area contributed by atoms with Gasteiger partial charge in [0.25, 0.3) is 0 Å². The average Bonchev–Trinajstić information content (AvgIpc) is 3.82. The Labute approximate surface area is 315 Å². The van der Waals surface area contributed by atoms with Crippen LogP contribution >= 0.6 is 22.7 Å². The molecular formula is C51H32S2. The van der Waals surface area contributed by atoms with Gasteiger partial charge >= 0.3 is 0 Å². The van der Waals surface area contributed by atoms with E-state index in [-0.39, 0.29) is 0 Å². The third-order valence-electron chi connectivity index (χ3n) is 11.1. The first kappa shape index (κ1) is 30.6. The highest BCUT2D eigenvalue weighted by Crippen LogP contribution is 2.50. The molecule has 2 heterocycles. The first-order chi connectivity index (χ1) is 26.2. The van der Waals surface area contributed by atoms with Crippen molar-refractivity contribution in [3.05, 3.63) is 180 Å². The van der Waals surface area contributed by atoms with E-state index in [2.05, 4.69) is 181 Å².